The Kier molecular flexibility index (Phi) is 7.69. The van der Waals surface area contributed by atoms with Crippen LogP contribution >= 0.6 is 24.2 Å². The largest absolute Gasteiger partial charge is 0.330 e. The molecule has 1 aliphatic heterocycles. The first-order valence-electron chi connectivity index (χ1n) is 7.41. The summed E-state index contributed by atoms with van der Waals surface area (Å²) in [4.78, 5) is 15.5. The lowest BCUT2D eigenvalue weighted by atomic mass is 9.90. The topological polar surface area (TPSA) is 58.4 Å². The van der Waals surface area contributed by atoms with Gasteiger partial charge in [-0.05, 0) is 43.3 Å². The zero-order valence-electron chi connectivity index (χ0n) is 13.3. The molecule has 0 aliphatic carbocycles. The lowest BCUT2D eigenvalue weighted by Crippen LogP contribution is -2.32. The number of halogens is 1. The average Bonchev–Trinajstić information content (AvgIpc) is 2.88. The highest BCUT2D eigenvalue weighted by Crippen LogP contribution is 2.28. The van der Waals surface area contributed by atoms with Gasteiger partial charge < -0.3 is 16.0 Å². The molecule has 2 rings (SSSR count). The number of nitrogens with two attached hydrogens (primary N) is 1. The van der Waals surface area contributed by atoms with Gasteiger partial charge in [0.2, 0.25) is 5.91 Å². The van der Waals surface area contributed by atoms with Gasteiger partial charge in [-0.3, -0.25) is 4.79 Å². The number of rotatable bonds is 6. The van der Waals surface area contributed by atoms with Crippen LogP contribution in [0.25, 0.3) is 0 Å². The number of benzene rings is 1. The van der Waals surface area contributed by atoms with Crippen LogP contribution in [0.3, 0.4) is 0 Å². The monoisotopic (exact) mass is 343 g/mol. The minimum atomic E-state index is 0. The molecule has 1 aliphatic rings. The summed E-state index contributed by atoms with van der Waals surface area (Å²) in [5.74, 6) is 0.0813. The Labute approximate surface area is 143 Å². The van der Waals surface area contributed by atoms with Gasteiger partial charge in [0.25, 0.3) is 0 Å². The van der Waals surface area contributed by atoms with E-state index in [1.54, 1.807) is 11.8 Å². The molecular formula is C16H26ClN3OS. The molecule has 1 aromatic rings. The number of nitrogens with one attached hydrogen (secondary N) is 1. The zero-order chi connectivity index (χ0) is 15.3. The normalized spacial score (nSPS) is 21.4. The van der Waals surface area contributed by atoms with Crippen molar-refractivity contribution >= 4 is 35.8 Å². The van der Waals surface area contributed by atoms with E-state index in [1.165, 1.54) is 0 Å². The van der Waals surface area contributed by atoms with Crippen molar-refractivity contribution in [1.82, 2.24) is 4.90 Å². The molecule has 6 heteroatoms. The summed E-state index contributed by atoms with van der Waals surface area (Å²) in [5.41, 5.74) is 6.94. The Hall–Kier alpha value is -0.750. The molecule has 0 aromatic heterocycles. The molecular weight excluding hydrogens is 318 g/mol. The molecule has 1 amide bonds. The smallest absolute Gasteiger partial charge is 0.225 e. The summed E-state index contributed by atoms with van der Waals surface area (Å²) in [6.45, 7) is 5.79. The number of carbonyl (C=O) groups is 1. The third kappa shape index (κ3) is 5.16. The van der Waals surface area contributed by atoms with Crippen molar-refractivity contribution in [2.75, 3.05) is 37.8 Å². The van der Waals surface area contributed by atoms with Gasteiger partial charge in [0.1, 0.15) is 0 Å². The molecule has 1 unspecified atom stereocenters. The van der Waals surface area contributed by atoms with Crippen LogP contribution in [-0.2, 0) is 4.79 Å². The molecule has 0 saturated carbocycles. The van der Waals surface area contributed by atoms with Crippen LogP contribution in [-0.4, -0.2) is 43.2 Å². The van der Waals surface area contributed by atoms with Crippen molar-refractivity contribution in [3.63, 3.8) is 0 Å². The fraction of sp³-hybridized carbons (Fsp3) is 0.562. The van der Waals surface area contributed by atoms with Crippen LogP contribution < -0.4 is 11.1 Å². The Morgan fingerprint density at radius 1 is 1.45 bits per heavy atom. The third-order valence-corrected chi connectivity index (χ3v) is 4.96. The number of nitrogens with zero attached hydrogens (tertiary/aromatic N) is 1. The number of anilines is 1. The second kappa shape index (κ2) is 8.77. The predicted octanol–water partition coefficient (Wildman–Crippen LogP) is 2.83. The van der Waals surface area contributed by atoms with Gasteiger partial charge in [-0.15, -0.1) is 24.2 Å². The first-order valence-corrected chi connectivity index (χ1v) is 8.64. The summed E-state index contributed by atoms with van der Waals surface area (Å²) in [6, 6.07) is 7.90. The van der Waals surface area contributed by atoms with Crippen molar-refractivity contribution in [3.05, 3.63) is 24.3 Å². The summed E-state index contributed by atoms with van der Waals surface area (Å²) >= 11 is 1.64. The molecule has 1 aromatic carbocycles. The molecule has 22 heavy (non-hydrogen) atoms. The molecule has 1 saturated heterocycles. The lowest BCUT2D eigenvalue weighted by molar-refractivity contribution is -0.116. The van der Waals surface area contributed by atoms with E-state index in [1.807, 2.05) is 30.5 Å². The number of thioether (sulfide) groups is 1. The van der Waals surface area contributed by atoms with Crippen LogP contribution in [0.4, 0.5) is 5.69 Å². The van der Waals surface area contributed by atoms with E-state index in [0.717, 1.165) is 43.2 Å². The van der Waals surface area contributed by atoms with Crippen LogP contribution in [0, 0.1) is 5.41 Å². The molecule has 0 bridgehead atoms. The highest BCUT2D eigenvalue weighted by Gasteiger charge is 2.32. The van der Waals surface area contributed by atoms with Crippen molar-refractivity contribution in [3.8, 4) is 0 Å². The number of para-hydroxylation sites is 1. The van der Waals surface area contributed by atoms with E-state index < -0.39 is 0 Å². The molecule has 1 atom stereocenters. The molecule has 0 spiro atoms. The van der Waals surface area contributed by atoms with E-state index in [-0.39, 0.29) is 23.7 Å². The maximum Gasteiger partial charge on any atom is 0.225 e. The van der Waals surface area contributed by atoms with Crippen LogP contribution in [0.2, 0.25) is 0 Å². The maximum atomic E-state index is 12.1. The average molecular weight is 344 g/mol. The molecule has 1 heterocycles. The summed E-state index contributed by atoms with van der Waals surface area (Å²) < 4.78 is 0. The van der Waals surface area contributed by atoms with E-state index in [2.05, 4.69) is 17.1 Å². The van der Waals surface area contributed by atoms with Crippen molar-refractivity contribution < 1.29 is 4.79 Å². The standard InChI is InChI=1S/C16H25N3OS.ClH/c1-16(11-17)8-10-19(12-16)9-7-15(20)18-13-5-3-4-6-14(13)21-2;/h3-6H,7-12,17H2,1-2H3,(H,18,20);1H. The molecule has 0 radical (unpaired) electrons. The number of hydrogen-bond donors (Lipinski definition) is 2. The van der Waals surface area contributed by atoms with Crippen molar-refractivity contribution in [2.24, 2.45) is 11.1 Å². The molecule has 4 nitrogen and oxygen atoms in total. The highest BCUT2D eigenvalue weighted by atomic mass is 35.5. The van der Waals surface area contributed by atoms with Gasteiger partial charge in [0.15, 0.2) is 0 Å². The second-order valence-corrected chi connectivity index (χ2v) is 6.89. The van der Waals surface area contributed by atoms with E-state index in [0.29, 0.717) is 6.42 Å². The van der Waals surface area contributed by atoms with Crippen molar-refractivity contribution in [1.29, 1.82) is 0 Å². The Balaban J connectivity index is 0.00000242. The molecule has 124 valence electrons. The van der Waals surface area contributed by atoms with Gasteiger partial charge in [-0.2, -0.15) is 0 Å². The summed E-state index contributed by atoms with van der Waals surface area (Å²) in [7, 11) is 0. The van der Waals surface area contributed by atoms with Gasteiger partial charge >= 0.3 is 0 Å². The van der Waals surface area contributed by atoms with Gasteiger partial charge in [-0.1, -0.05) is 19.1 Å². The van der Waals surface area contributed by atoms with E-state index in [4.69, 9.17) is 5.73 Å². The second-order valence-electron chi connectivity index (χ2n) is 6.04. The van der Waals surface area contributed by atoms with E-state index >= 15 is 0 Å². The molecule has 3 N–H and O–H groups in total. The lowest BCUT2D eigenvalue weighted by Gasteiger charge is -2.22. The van der Waals surface area contributed by atoms with Crippen molar-refractivity contribution in [2.45, 2.75) is 24.7 Å². The Bertz CT molecular complexity index is 500. The van der Waals surface area contributed by atoms with Crippen LogP contribution in [0.1, 0.15) is 19.8 Å². The number of hydrogen-bond acceptors (Lipinski definition) is 4. The van der Waals surface area contributed by atoms with Gasteiger partial charge in [0.05, 0.1) is 5.69 Å². The Morgan fingerprint density at radius 2 is 2.18 bits per heavy atom. The number of likely N-dealkylation sites (tertiary alicyclic amines) is 1. The minimum Gasteiger partial charge on any atom is -0.330 e. The number of carbonyl (C=O) groups excluding carboxylic acids is 1. The number of amides is 1. The van der Waals surface area contributed by atoms with E-state index in [9.17, 15) is 4.79 Å². The SMILES string of the molecule is CSc1ccccc1NC(=O)CCN1CCC(C)(CN)C1.Cl. The zero-order valence-corrected chi connectivity index (χ0v) is 14.9. The quantitative estimate of drug-likeness (QED) is 0.780. The van der Waals surface area contributed by atoms with Gasteiger partial charge in [0, 0.05) is 24.4 Å². The summed E-state index contributed by atoms with van der Waals surface area (Å²) in [5, 5.41) is 3.01. The minimum absolute atomic E-state index is 0. The van der Waals surface area contributed by atoms with Crippen LogP contribution in [0.5, 0.6) is 0 Å². The predicted molar refractivity (Wildman–Crippen MR) is 96.9 cm³/mol. The van der Waals surface area contributed by atoms with Crippen LogP contribution in [0.15, 0.2) is 29.2 Å². The Morgan fingerprint density at radius 3 is 2.82 bits per heavy atom. The fourth-order valence-corrected chi connectivity index (χ4v) is 3.26. The highest BCUT2D eigenvalue weighted by molar-refractivity contribution is 7.98. The first kappa shape index (κ1) is 19.3. The molecule has 1 fully saturated rings. The van der Waals surface area contributed by atoms with Gasteiger partial charge in [-0.25, -0.2) is 0 Å². The maximum absolute atomic E-state index is 12.1. The fourth-order valence-electron chi connectivity index (χ4n) is 2.70. The first-order chi connectivity index (χ1) is 10.1. The third-order valence-electron chi connectivity index (χ3n) is 4.17. The summed E-state index contributed by atoms with van der Waals surface area (Å²) in [6.07, 6.45) is 3.67.